The maximum atomic E-state index is 12.3. The molecule has 6 nitrogen and oxygen atoms in total. The van der Waals surface area contributed by atoms with E-state index >= 15 is 0 Å². The third kappa shape index (κ3) is 3.74. The second-order valence-corrected chi connectivity index (χ2v) is 6.31. The van der Waals surface area contributed by atoms with E-state index in [0.717, 1.165) is 19.7 Å². The van der Waals surface area contributed by atoms with Crippen LogP contribution in [0, 0.1) is 0 Å². The average molecular weight is 297 g/mol. The van der Waals surface area contributed by atoms with Crippen LogP contribution in [0.3, 0.4) is 0 Å². The Bertz CT molecular complexity index is 360. The highest BCUT2D eigenvalue weighted by Crippen LogP contribution is 2.22. The van der Waals surface area contributed by atoms with Gasteiger partial charge in [0.05, 0.1) is 32.0 Å². The fourth-order valence-electron chi connectivity index (χ4n) is 3.46. The van der Waals surface area contributed by atoms with Crippen LogP contribution in [-0.4, -0.2) is 86.4 Å². The summed E-state index contributed by atoms with van der Waals surface area (Å²) in [4.78, 5) is 16.7. The van der Waals surface area contributed by atoms with E-state index in [2.05, 4.69) is 10.2 Å². The number of morpholine rings is 2. The molecule has 3 unspecified atom stereocenters. The molecule has 0 aliphatic carbocycles. The van der Waals surface area contributed by atoms with Crippen molar-refractivity contribution >= 4 is 5.91 Å². The van der Waals surface area contributed by atoms with Crippen LogP contribution in [0.5, 0.6) is 0 Å². The summed E-state index contributed by atoms with van der Waals surface area (Å²) in [7, 11) is 0. The fourth-order valence-corrected chi connectivity index (χ4v) is 3.46. The Morgan fingerprint density at radius 3 is 2.95 bits per heavy atom. The molecule has 3 heterocycles. The van der Waals surface area contributed by atoms with Gasteiger partial charge in [0, 0.05) is 32.2 Å². The van der Waals surface area contributed by atoms with Crippen LogP contribution in [0.4, 0.5) is 0 Å². The molecule has 0 aromatic rings. The zero-order valence-corrected chi connectivity index (χ0v) is 12.9. The van der Waals surface area contributed by atoms with Crippen molar-refractivity contribution in [3.63, 3.8) is 0 Å². The van der Waals surface area contributed by atoms with E-state index in [-0.39, 0.29) is 18.1 Å². The van der Waals surface area contributed by atoms with Crippen LogP contribution in [0.25, 0.3) is 0 Å². The molecule has 0 spiro atoms. The van der Waals surface area contributed by atoms with E-state index in [1.54, 1.807) is 0 Å². The van der Waals surface area contributed by atoms with Gasteiger partial charge in [0.15, 0.2) is 0 Å². The highest BCUT2D eigenvalue weighted by Gasteiger charge is 2.32. The molecule has 3 fully saturated rings. The van der Waals surface area contributed by atoms with Gasteiger partial charge in [-0.1, -0.05) is 0 Å². The molecule has 3 aliphatic heterocycles. The van der Waals surface area contributed by atoms with Gasteiger partial charge in [0.1, 0.15) is 0 Å². The Labute approximate surface area is 126 Å². The monoisotopic (exact) mass is 297 g/mol. The molecule has 0 bridgehead atoms. The number of ether oxygens (including phenoxy) is 2. The maximum Gasteiger partial charge on any atom is 0.239 e. The number of nitrogens with one attached hydrogen (secondary N) is 1. The van der Waals surface area contributed by atoms with Crippen LogP contribution in [0.15, 0.2) is 0 Å². The molecule has 0 aromatic heterocycles. The maximum absolute atomic E-state index is 12.3. The van der Waals surface area contributed by atoms with Crippen LogP contribution >= 0.6 is 0 Å². The van der Waals surface area contributed by atoms with Crippen molar-refractivity contribution in [2.24, 2.45) is 0 Å². The zero-order chi connectivity index (χ0) is 14.7. The lowest BCUT2D eigenvalue weighted by atomic mass is 10.2. The van der Waals surface area contributed by atoms with Crippen LogP contribution < -0.4 is 5.32 Å². The minimum atomic E-state index is -0.150. The second-order valence-electron chi connectivity index (χ2n) is 6.31. The van der Waals surface area contributed by atoms with Gasteiger partial charge in [-0.3, -0.25) is 9.69 Å². The molecule has 0 radical (unpaired) electrons. The van der Waals surface area contributed by atoms with Gasteiger partial charge in [-0.05, 0) is 26.3 Å². The molecule has 6 heteroatoms. The first kappa shape index (κ1) is 15.2. The first-order valence-corrected chi connectivity index (χ1v) is 8.19. The molecule has 0 aromatic carbocycles. The van der Waals surface area contributed by atoms with Gasteiger partial charge < -0.3 is 19.7 Å². The molecule has 0 saturated carbocycles. The zero-order valence-electron chi connectivity index (χ0n) is 12.9. The van der Waals surface area contributed by atoms with Crippen molar-refractivity contribution in [2.45, 2.75) is 38.0 Å². The molecule has 1 N–H and O–H groups in total. The summed E-state index contributed by atoms with van der Waals surface area (Å²) >= 11 is 0. The standard InChI is InChI=1S/C15H27N3O3/c1-12(15(19)17-5-7-20-8-6-17)16-9-14-10-18-4-2-3-13(18)11-21-14/h12-14,16H,2-11H2,1H3. The van der Waals surface area contributed by atoms with E-state index in [1.807, 2.05) is 11.8 Å². The van der Waals surface area contributed by atoms with Crippen molar-refractivity contribution in [3.8, 4) is 0 Å². The van der Waals surface area contributed by atoms with Crippen molar-refractivity contribution < 1.29 is 14.3 Å². The Balaban J connectivity index is 1.40. The highest BCUT2D eigenvalue weighted by molar-refractivity contribution is 5.81. The molecule has 120 valence electrons. The van der Waals surface area contributed by atoms with Crippen LogP contribution in [0.2, 0.25) is 0 Å². The topological polar surface area (TPSA) is 54.0 Å². The summed E-state index contributed by atoms with van der Waals surface area (Å²) in [5, 5.41) is 3.35. The van der Waals surface area contributed by atoms with Gasteiger partial charge in [-0.2, -0.15) is 0 Å². The molecule has 21 heavy (non-hydrogen) atoms. The minimum absolute atomic E-state index is 0.150. The summed E-state index contributed by atoms with van der Waals surface area (Å²) in [6, 6.07) is 0.483. The number of amides is 1. The van der Waals surface area contributed by atoms with Crippen molar-refractivity contribution in [3.05, 3.63) is 0 Å². The molecule has 3 atom stereocenters. The molecule has 3 rings (SSSR count). The van der Waals surface area contributed by atoms with Crippen molar-refractivity contribution in [1.29, 1.82) is 0 Å². The lowest BCUT2D eigenvalue weighted by Gasteiger charge is -2.36. The van der Waals surface area contributed by atoms with Crippen LogP contribution in [-0.2, 0) is 14.3 Å². The number of hydrogen-bond acceptors (Lipinski definition) is 5. The molecule has 3 saturated heterocycles. The fraction of sp³-hybridized carbons (Fsp3) is 0.933. The lowest BCUT2D eigenvalue weighted by molar-refractivity contribution is -0.137. The third-order valence-corrected chi connectivity index (χ3v) is 4.81. The smallest absolute Gasteiger partial charge is 0.239 e. The number of carbonyl (C=O) groups excluding carboxylic acids is 1. The van der Waals surface area contributed by atoms with Gasteiger partial charge in [0.2, 0.25) is 5.91 Å². The summed E-state index contributed by atoms with van der Waals surface area (Å²) in [6.07, 6.45) is 2.77. The minimum Gasteiger partial charge on any atom is -0.378 e. The van der Waals surface area contributed by atoms with Gasteiger partial charge in [0.25, 0.3) is 0 Å². The summed E-state index contributed by atoms with van der Waals surface area (Å²) in [5.74, 6) is 0.174. The third-order valence-electron chi connectivity index (χ3n) is 4.81. The first-order valence-electron chi connectivity index (χ1n) is 8.19. The number of carbonyl (C=O) groups is 1. The predicted octanol–water partition coefficient (Wildman–Crippen LogP) is -0.313. The van der Waals surface area contributed by atoms with E-state index in [9.17, 15) is 4.79 Å². The molecular weight excluding hydrogens is 270 g/mol. The van der Waals surface area contributed by atoms with E-state index in [1.165, 1.54) is 19.4 Å². The Morgan fingerprint density at radius 1 is 1.33 bits per heavy atom. The van der Waals surface area contributed by atoms with Crippen molar-refractivity contribution in [1.82, 2.24) is 15.1 Å². The highest BCUT2D eigenvalue weighted by atomic mass is 16.5. The first-order chi connectivity index (χ1) is 10.2. The Kier molecular flexibility index (Phi) is 5.11. The van der Waals surface area contributed by atoms with E-state index in [0.29, 0.717) is 32.3 Å². The quantitative estimate of drug-likeness (QED) is 0.771. The van der Waals surface area contributed by atoms with Gasteiger partial charge in [-0.25, -0.2) is 0 Å². The average Bonchev–Trinajstić information content (AvgIpc) is 3.00. The Hall–Kier alpha value is -0.690. The number of nitrogens with zero attached hydrogens (tertiary/aromatic N) is 2. The van der Waals surface area contributed by atoms with Gasteiger partial charge in [-0.15, -0.1) is 0 Å². The summed E-state index contributed by atoms with van der Waals surface area (Å²) < 4.78 is 11.2. The summed E-state index contributed by atoms with van der Waals surface area (Å²) in [6.45, 7) is 8.46. The molecular formula is C15H27N3O3. The lowest BCUT2D eigenvalue weighted by Crippen LogP contribution is -2.53. The number of hydrogen-bond donors (Lipinski definition) is 1. The van der Waals surface area contributed by atoms with Gasteiger partial charge >= 0.3 is 0 Å². The van der Waals surface area contributed by atoms with Crippen LogP contribution in [0.1, 0.15) is 19.8 Å². The number of fused-ring (bicyclic) bond motifs is 1. The Morgan fingerprint density at radius 2 is 2.14 bits per heavy atom. The molecule has 1 amide bonds. The normalized spacial score (nSPS) is 32.0. The predicted molar refractivity (Wildman–Crippen MR) is 79.2 cm³/mol. The van der Waals surface area contributed by atoms with E-state index < -0.39 is 0 Å². The van der Waals surface area contributed by atoms with E-state index in [4.69, 9.17) is 9.47 Å². The number of rotatable bonds is 4. The second kappa shape index (κ2) is 7.05. The SMILES string of the molecule is CC(NCC1CN2CCCC2CO1)C(=O)N1CCOCC1. The largest absolute Gasteiger partial charge is 0.378 e. The summed E-state index contributed by atoms with van der Waals surface area (Å²) in [5.41, 5.74) is 0. The van der Waals surface area contributed by atoms with Crippen molar-refractivity contribution in [2.75, 3.05) is 52.5 Å². The molecule has 3 aliphatic rings.